The Morgan fingerprint density at radius 1 is 1.00 bits per heavy atom. The molecule has 2 N–H and O–H groups in total. The molecule has 9 nitrogen and oxygen atoms in total. The summed E-state index contributed by atoms with van der Waals surface area (Å²) in [6, 6.07) is 11.2. The van der Waals surface area contributed by atoms with Crippen molar-refractivity contribution in [2.75, 3.05) is 11.9 Å². The largest absolute Gasteiger partial charge is 0.336 e. The molecular formula is C26H25F2N7O2S. The van der Waals surface area contributed by atoms with E-state index in [2.05, 4.69) is 25.7 Å². The normalized spacial score (nSPS) is 12.9. The number of hydrogen-bond donors (Lipinski definition) is 2. The predicted octanol–water partition coefficient (Wildman–Crippen LogP) is 4.46. The van der Waals surface area contributed by atoms with Crippen molar-refractivity contribution < 1.29 is 18.4 Å². The molecular weight excluding hydrogens is 512 g/mol. The molecule has 2 aromatic carbocycles. The van der Waals surface area contributed by atoms with Gasteiger partial charge in [-0.25, -0.2) is 28.2 Å². The van der Waals surface area contributed by atoms with Crippen LogP contribution in [0.3, 0.4) is 0 Å². The van der Waals surface area contributed by atoms with E-state index in [1.807, 2.05) is 13.8 Å². The monoisotopic (exact) mass is 537 g/mol. The molecule has 196 valence electrons. The molecule has 0 bridgehead atoms. The molecule has 0 radical (unpaired) electrons. The number of carbonyl (C=O) groups is 2. The highest BCUT2D eigenvalue weighted by molar-refractivity contribution is 7.15. The Morgan fingerprint density at radius 3 is 2.32 bits per heavy atom. The Hall–Kier alpha value is -4.19. The summed E-state index contributed by atoms with van der Waals surface area (Å²) in [7, 11) is 0. The third-order valence-electron chi connectivity index (χ3n) is 5.89. The number of amides is 3. The first kappa shape index (κ1) is 25.5. The van der Waals surface area contributed by atoms with Gasteiger partial charge in [-0.05, 0) is 62.4 Å². The first-order chi connectivity index (χ1) is 18.2. The number of thiazole rings is 1. The SMILES string of the molecule is CC(C)NC(=O)Nc1nc2c(s1)CN(C(=O)Cn1nc(-c3ccc(F)cc3)nc1-c1ccc(F)cc1)CC2. The first-order valence-electron chi connectivity index (χ1n) is 12.1. The second-order valence-electron chi connectivity index (χ2n) is 9.14. The van der Waals surface area contributed by atoms with Gasteiger partial charge in [-0.3, -0.25) is 10.1 Å². The van der Waals surface area contributed by atoms with E-state index in [0.717, 1.165) is 10.6 Å². The second kappa shape index (κ2) is 10.7. The number of halogens is 2. The lowest BCUT2D eigenvalue weighted by Gasteiger charge is -2.26. The molecule has 0 saturated heterocycles. The molecule has 4 aromatic rings. The zero-order valence-corrected chi connectivity index (χ0v) is 21.6. The van der Waals surface area contributed by atoms with Crippen molar-refractivity contribution in [1.29, 1.82) is 0 Å². The zero-order chi connectivity index (χ0) is 26.8. The number of nitrogens with zero attached hydrogens (tertiary/aromatic N) is 5. The summed E-state index contributed by atoms with van der Waals surface area (Å²) in [5.74, 6) is -0.214. The summed E-state index contributed by atoms with van der Waals surface area (Å²) >= 11 is 1.34. The number of benzene rings is 2. The maximum atomic E-state index is 13.5. The first-order valence-corrected chi connectivity index (χ1v) is 12.9. The Labute approximate surface area is 221 Å². The highest BCUT2D eigenvalue weighted by Crippen LogP contribution is 2.29. The quantitative estimate of drug-likeness (QED) is 0.378. The number of aromatic nitrogens is 4. The van der Waals surface area contributed by atoms with Gasteiger partial charge in [0, 0.05) is 35.0 Å². The number of nitrogens with one attached hydrogen (secondary N) is 2. The highest BCUT2D eigenvalue weighted by atomic mass is 32.1. The van der Waals surface area contributed by atoms with Gasteiger partial charge in [-0.1, -0.05) is 11.3 Å². The summed E-state index contributed by atoms with van der Waals surface area (Å²) in [6.07, 6.45) is 0.564. The van der Waals surface area contributed by atoms with Gasteiger partial charge >= 0.3 is 6.03 Å². The van der Waals surface area contributed by atoms with E-state index in [1.165, 1.54) is 40.3 Å². The molecule has 2 aromatic heterocycles. The number of fused-ring (bicyclic) bond motifs is 1. The minimum Gasteiger partial charge on any atom is -0.336 e. The van der Waals surface area contributed by atoms with E-state index in [9.17, 15) is 18.4 Å². The molecule has 1 aliphatic heterocycles. The fourth-order valence-corrected chi connectivity index (χ4v) is 5.09. The summed E-state index contributed by atoms with van der Waals surface area (Å²) in [5, 5.41) is 10.5. The second-order valence-corrected chi connectivity index (χ2v) is 10.2. The fourth-order valence-electron chi connectivity index (χ4n) is 4.07. The third-order valence-corrected chi connectivity index (χ3v) is 6.88. The lowest BCUT2D eigenvalue weighted by atomic mass is 10.2. The third kappa shape index (κ3) is 5.70. The smallest absolute Gasteiger partial charge is 0.321 e. The topological polar surface area (TPSA) is 105 Å². The summed E-state index contributed by atoms with van der Waals surface area (Å²) < 4.78 is 28.5. The van der Waals surface area contributed by atoms with Gasteiger partial charge in [0.2, 0.25) is 5.91 Å². The average molecular weight is 538 g/mol. The minimum absolute atomic E-state index is 0.00198. The lowest BCUT2D eigenvalue weighted by Crippen LogP contribution is -2.38. The molecule has 0 unspecified atom stereocenters. The molecule has 0 aliphatic carbocycles. The van der Waals surface area contributed by atoms with Gasteiger partial charge in [0.1, 0.15) is 18.2 Å². The van der Waals surface area contributed by atoms with Crippen molar-refractivity contribution in [1.82, 2.24) is 30.0 Å². The molecule has 1 aliphatic rings. The van der Waals surface area contributed by atoms with Crippen LogP contribution in [0, 0.1) is 11.6 Å². The van der Waals surface area contributed by atoms with E-state index in [0.29, 0.717) is 47.4 Å². The molecule has 0 atom stereocenters. The van der Waals surface area contributed by atoms with E-state index < -0.39 is 0 Å². The summed E-state index contributed by atoms with van der Waals surface area (Å²) in [6.45, 7) is 4.49. The van der Waals surface area contributed by atoms with Crippen LogP contribution in [0.25, 0.3) is 22.8 Å². The standard InChI is InChI=1S/C26H25F2N7O2S/c1-15(2)29-25(37)32-26-30-20-11-12-34(13-21(20)38-26)22(36)14-35-24(17-5-9-19(28)10-6-17)31-23(33-35)16-3-7-18(27)8-4-16/h3-10,15H,11-14H2,1-2H3,(H2,29,30,32,37). The maximum Gasteiger partial charge on any atom is 0.321 e. The van der Waals surface area contributed by atoms with Crippen LogP contribution >= 0.6 is 11.3 Å². The number of rotatable bonds is 6. The number of carbonyl (C=O) groups excluding carboxylic acids is 2. The van der Waals surface area contributed by atoms with Crippen LogP contribution < -0.4 is 10.6 Å². The van der Waals surface area contributed by atoms with Gasteiger partial charge in [-0.15, -0.1) is 5.10 Å². The zero-order valence-electron chi connectivity index (χ0n) is 20.7. The van der Waals surface area contributed by atoms with Crippen LogP contribution in [-0.4, -0.2) is 49.2 Å². The van der Waals surface area contributed by atoms with Gasteiger partial charge in [-0.2, -0.15) is 0 Å². The number of hydrogen-bond acceptors (Lipinski definition) is 6. The summed E-state index contributed by atoms with van der Waals surface area (Å²) in [5.41, 5.74) is 2.05. The van der Waals surface area contributed by atoms with Gasteiger partial charge in [0.05, 0.1) is 12.2 Å². The number of anilines is 1. The number of urea groups is 1. The molecule has 0 spiro atoms. The Morgan fingerprint density at radius 2 is 1.66 bits per heavy atom. The molecule has 0 saturated carbocycles. The molecule has 5 rings (SSSR count). The lowest BCUT2D eigenvalue weighted by molar-refractivity contribution is -0.132. The highest BCUT2D eigenvalue weighted by Gasteiger charge is 2.26. The van der Waals surface area contributed by atoms with Crippen molar-refractivity contribution >= 4 is 28.4 Å². The van der Waals surface area contributed by atoms with Crippen LogP contribution in [0.15, 0.2) is 48.5 Å². The molecule has 3 heterocycles. The average Bonchev–Trinajstić information content (AvgIpc) is 3.47. The molecule has 0 fully saturated rings. The van der Waals surface area contributed by atoms with Crippen LogP contribution in [0.4, 0.5) is 18.7 Å². The molecule has 12 heteroatoms. The van der Waals surface area contributed by atoms with Crippen LogP contribution in [-0.2, 0) is 24.3 Å². The van der Waals surface area contributed by atoms with Crippen molar-refractivity contribution in [3.05, 3.63) is 70.7 Å². The fraction of sp³-hybridized carbons (Fsp3) is 0.269. The van der Waals surface area contributed by atoms with Crippen molar-refractivity contribution in [2.45, 2.75) is 39.4 Å². The minimum atomic E-state index is -0.390. The van der Waals surface area contributed by atoms with Crippen molar-refractivity contribution in [2.24, 2.45) is 0 Å². The van der Waals surface area contributed by atoms with Crippen molar-refractivity contribution in [3.8, 4) is 22.8 Å². The van der Waals surface area contributed by atoms with E-state index in [-0.39, 0.29) is 36.2 Å². The Kier molecular flexibility index (Phi) is 7.14. The van der Waals surface area contributed by atoms with Crippen molar-refractivity contribution in [3.63, 3.8) is 0 Å². The van der Waals surface area contributed by atoms with Crippen LogP contribution in [0.1, 0.15) is 24.4 Å². The van der Waals surface area contributed by atoms with E-state index >= 15 is 0 Å². The van der Waals surface area contributed by atoms with E-state index in [1.54, 1.807) is 29.2 Å². The Balaban J connectivity index is 1.35. The van der Waals surface area contributed by atoms with Crippen LogP contribution in [0.5, 0.6) is 0 Å². The maximum absolute atomic E-state index is 13.5. The molecule has 38 heavy (non-hydrogen) atoms. The Bertz CT molecular complexity index is 1470. The summed E-state index contributed by atoms with van der Waals surface area (Å²) in [4.78, 5) is 37.1. The molecule has 3 amide bonds. The van der Waals surface area contributed by atoms with Crippen LogP contribution in [0.2, 0.25) is 0 Å². The van der Waals surface area contributed by atoms with Gasteiger partial charge in [0.25, 0.3) is 0 Å². The van der Waals surface area contributed by atoms with Gasteiger partial charge < -0.3 is 10.2 Å². The predicted molar refractivity (Wildman–Crippen MR) is 139 cm³/mol. The van der Waals surface area contributed by atoms with E-state index in [4.69, 9.17) is 0 Å². The van der Waals surface area contributed by atoms with Gasteiger partial charge in [0.15, 0.2) is 16.8 Å².